The number of esters is 2. The Labute approximate surface area is 71.8 Å². The average Bonchev–Trinajstić information content (AvgIpc) is 1.80. The highest BCUT2D eigenvalue weighted by Crippen LogP contribution is 1.90. The van der Waals surface area contributed by atoms with Gasteiger partial charge in [0.1, 0.15) is 6.42 Å². The van der Waals surface area contributed by atoms with Gasteiger partial charge in [0.25, 0.3) is 0 Å². The number of rotatable bonds is 2. The lowest BCUT2D eigenvalue weighted by Crippen LogP contribution is -2.24. The second-order valence-electron chi connectivity index (χ2n) is 1.76. The van der Waals surface area contributed by atoms with E-state index in [0.717, 1.165) is 0 Å². The van der Waals surface area contributed by atoms with Gasteiger partial charge in [0, 0.05) is 0 Å². The normalized spacial score (nSPS) is 8.62. The van der Waals surface area contributed by atoms with Crippen LogP contribution in [0.5, 0.6) is 0 Å². The van der Waals surface area contributed by atoms with Crippen molar-refractivity contribution in [1.82, 2.24) is 0 Å². The molecule has 0 aliphatic carbocycles. The Balaban J connectivity index is 3.85. The van der Waals surface area contributed by atoms with E-state index in [-0.39, 0.29) is 0 Å². The summed E-state index contributed by atoms with van der Waals surface area (Å²) >= 11 is 0. The molecule has 0 aromatic heterocycles. The van der Waals surface area contributed by atoms with Gasteiger partial charge in [-0.05, 0) is 0 Å². The van der Waals surface area contributed by atoms with Crippen molar-refractivity contribution in [3.63, 3.8) is 0 Å². The molecule has 0 rings (SSSR count). The number of carbonyl (C=O) groups is 4. The molecule has 0 bridgehead atoms. The number of ether oxygens (including phenoxy) is 2. The molecule has 13 heavy (non-hydrogen) atoms. The molecular formula is C5H6N2O6. The summed E-state index contributed by atoms with van der Waals surface area (Å²) in [6, 6.07) is 0. The van der Waals surface area contributed by atoms with Crippen molar-refractivity contribution in [3.05, 3.63) is 0 Å². The van der Waals surface area contributed by atoms with Crippen LogP contribution < -0.4 is 11.5 Å². The van der Waals surface area contributed by atoms with Crippen LogP contribution in [0.15, 0.2) is 0 Å². The Bertz CT molecular complexity index is 234. The van der Waals surface area contributed by atoms with Gasteiger partial charge in [0.15, 0.2) is 0 Å². The maximum Gasteiger partial charge on any atom is 0.412 e. The highest BCUT2D eigenvalue weighted by Gasteiger charge is 2.15. The zero-order chi connectivity index (χ0) is 10.4. The standard InChI is InChI=1S/C5H6N2O6/c6-4(10)12-2(8)1-3(9)13-5(7)11/h1H2,(H2,6,10)(H2,7,11). The van der Waals surface area contributed by atoms with Gasteiger partial charge in [-0.3, -0.25) is 9.59 Å². The second kappa shape index (κ2) is 4.70. The third kappa shape index (κ3) is 6.28. The Morgan fingerprint density at radius 3 is 1.38 bits per heavy atom. The quantitative estimate of drug-likeness (QED) is 0.406. The van der Waals surface area contributed by atoms with Crippen molar-refractivity contribution in [2.24, 2.45) is 11.5 Å². The Morgan fingerprint density at radius 2 is 1.15 bits per heavy atom. The first-order valence-corrected chi connectivity index (χ1v) is 2.92. The topological polar surface area (TPSA) is 139 Å². The summed E-state index contributed by atoms with van der Waals surface area (Å²) in [4.78, 5) is 40.8. The van der Waals surface area contributed by atoms with Gasteiger partial charge < -0.3 is 20.9 Å². The molecule has 8 nitrogen and oxygen atoms in total. The number of hydrogen-bond acceptors (Lipinski definition) is 6. The van der Waals surface area contributed by atoms with Crippen LogP contribution in [0.3, 0.4) is 0 Å². The maximum absolute atomic E-state index is 10.5. The molecule has 0 saturated heterocycles. The van der Waals surface area contributed by atoms with Crippen LogP contribution in [-0.4, -0.2) is 24.1 Å². The van der Waals surface area contributed by atoms with E-state index in [0.29, 0.717) is 0 Å². The summed E-state index contributed by atoms with van der Waals surface area (Å²) in [7, 11) is 0. The van der Waals surface area contributed by atoms with Gasteiger partial charge in [-0.2, -0.15) is 0 Å². The van der Waals surface area contributed by atoms with Crippen molar-refractivity contribution in [2.75, 3.05) is 0 Å². The molecule has 0 heterocycles. The third-order valence-electron chi connectivity index (χ3n) is 0.718. The molecule has 0 fully saturated rings. The molecule has 72 valence electrons. The van der Waals surface area contributed by atoms with Gasteiger partial charge >= 0.3 is 24.1 Å². The van der Waals surface area contributed by atoms with Gasteiger partial charge in [0.2, 0.25) is 0 Å². The predicted molar refractivity (Wildman–Crippen MR) is 36.0 cm³/mol. The number of amides is 2. The van der Waals surface area contributed by atoms with Crippen molar-refractivity contribution in [2.45, 2.75) is 6.42 Å². The van der Waals surface area contributed by atoms with Gasteiger partial charge in [0.05, 0.1) is 0 Å². The van der Waals surface area contributed by atoms with Crippen LogP contribution in [0.1, 0.15) is 6.42 Å². The fourth-order valence-corrected chi connectivity index (χ4v) is 0.414. The van der Waals surface area contributed by atoms with E-state index in [1.165, 1.54) is 0 Å². The lowest BCUT2D eigenvalue weighted by molar-refractivity contribution is -0.147. The van der Waals surface area contributed by atoms with Crippen LogP contribution in [0, 0.1) is 0 Å². The van der Waals surface area contributed by atoms with Gasteiger partial charge in [-0.15, -0.1) is 0 Å². The average molecular weight is 190 g/mol. The molecule has 0 unspecified atom stereocenters. The maximum atomic E-state index is 10.5. The minimum atomic E-state index is -1.35. The van der Waals surface area contributed by atoms with Crippen LogP contribution in [0.4, 0.5) is 9.59 Å². The molecular weight excluding hydrogens is 184 g/mol. The van der Waals surface area contributed by atoms with Crippen molar-refractivity contribution < 1.29 is 28.7 Å². The molecule has 0 aromatic carbocycles. The van der Waals surface area contributed by atoms with E-state index in [9.17, 15) is 19.2 Å². The zero-order valence-corrected chi connectivity index (χ0v) is 6.31. The SMILES string of the molecule is NC(=O)OC(=O)CC(=O)OC(N)=O. The molecule has 0 spiro atoms. The monoisotopic (exact) mass is 190 g/mol. The van der Waals surface area contributed by atoms with Crippen LogP contribution in [-0.2, 0) is 19.1 Å². The third-order valence-corrected chi connectivity index (χ3v) is 0.718. The fraction of sp³-hybridized carbons (Fsp3) is 0.200. The lowest BCUT2D eigenvalue weighted by atomic mass is 10.4. The van der Waals surface area contributed by atoms with E-state index in [2.05, 4.69) is 20.9 Å². The first-order valence-electron chi connectivity index (χ1n) is 2.92. The van der Waals surface area contributed by atoms with Crippen molar-refractivity contribution in [1.29, 1.82) is 0 Å². The molecule has 4 N–H and O–H groups in total. The lowest BCUT2D eigenvalue weighted by Gasteiger charge is -1.98. The summed E-state index contributed by atoms with van der Waals surface area (Å²) < 4.78 is 7.50. The van der Waals surface area contributed by atoms with Gasteiger partial charge in [-0.1, -0.05) is 0 Å². The molecule has 0 saturated carbocycles. The highest BCUT2D eigenvalue weighted by molar-refractivity contribution is 5.98. The smallest absolute Gasteiger partial charge is 0.376 e. The van der Waals surface area contributed by atoms with E-state index in [4.69, 9.17) is 0 Å². The highest BCUT2D eigenvalue weighted by atomic mass is 16.6. The number of primary amides is 2. The number of carbonyl (C=O) groups excluding carboxylic acids is 4. The van der Waals surface area contributed by atoms with Crippen molar-refractivity contribution >= 4 is 24.1 Å². The minimum Gasteiger partial charge on any atom is -0.376 e. The summed E-state index contributed by atoms with van der Waals surface area (Å²) in [5.41, 5.74) is 8.89. The zero-order valence-electron chi connectivity index (χ0n) is 6.31. The molecule has 0 atom stereocenters. The first-order chi connectivity index (χ1) is 5.91. The molecule has 0 aromatic rings. The number of hydrogen-bond donors (Lipinski definition) is 2. The fourth-order valence-electron chi connectivity index (χ4n) is 0.414. The first kappa shape index (κ1) is 10.9. The van der Waals surface area contributed by atoms with Crippen LogP contribution in [0.25, 0.3) is 0 Å². The molecule has 8 heteroatoms. The van der Waals surface area contributed by atoms with E-state index >= 15 is 0 Å². The Kier molecular flexibility index (Phi) is 3.93. The molecule has 0 radical (unpaired) electrons. The van der Waals surface area contributed by atoms with E-state index in [1.807, 2.05) is 0 Å². The molecule has 0 aliphatic rings. The summed E-state index contributed by atoms with van der Waals surface area (Å²) in [6.07, 6.45) is -3.61. The summed E-state index contributed by atoms with van der Waals surface area (Å²) in [5.74, 6) is -2.45. The second-order valence-corrected chi connectivity index (χ2v) is 1.76. The largest absolute Gasteiger partial charge is 0.412 e. The Hall–Kier alpha value is -2.12. The predicted octanol–water partition coefficient (Wildman–Crippen LogP) is -1.38. The summed E-state index contributed by atoms with van der Waals surface area (Å²) in [6.45, 7) is 0. The van der Waals surface area contributed by atoms with Crippen molar-refractivity contribution in [3.8, 4) is 0 Å². The van der Waals surface area contributed by atoms with Gasteiger partial charge in [-0.25, -0.2) is 9.59 Å². The summed E-state index contributed by atoms with van der Waals surface area (Å²) in [5, 5.41) is 0. The minimum absolute atomic E-state index is 0.911. The Morgan fingerprint density at radius 1 is 0.846 bits per heavy atom. The van der Waals surface area contributed by atoms with E-state index in [1.54, 1.807) is 0 Å². The van der Waals surface area contributed by atoms with E-state index < -0.39 is 30.5 Å². The molecule has 2 amide bonds. The number of nitrogens with two attached hydrogens (primary N) is 2. The van der Waals surface area contributed by atoms with Crippen LogP contribution >= 0.6 is 0 Å². The molecule has 0 aliphatic heterocycles. The van der Waals surface area contributed by atoms with Crippen LogP contribution in [0.2, 0.25) is 0 Å².